The summed E-state index contributed by atoms with van der Waals surface area (Å²) in [6, 6.07) is 35.9. The third kappa shape index (κ3) is 16.7. The molecule has 0 atom stereocenters. The summed E-state index contributed by atoms with van der Waals surface area (Å²) in [5.74, 6) is 1.13. The van der Waals surface area contributed by atoms with Crippen LogP contribution in [0.4, 0.5) is 11.4 Å². The van der Waals surface area contributed by atoms with E-state index >= 15 is 0 Å². The highest BCUT2D eigenvalue weighted by Crippen LogP contribution is 2.23. The van der Waals surface area contributed by atoms with E-state index in [1.807, 2.05) is 48.5 Å². The predicted octanol–water partition coefficient (Wildman–Crippen LogP) is 13.9. The Bertz CT molecular complexity index is 1910. The number of nitrogens with zero attached hydrogens (tertiary/aromatic N) is 2. The zero-order valence-electron chi connectivity index (χ0n) is 35.4. The Hall–Kier alpha value is -6.02. The standard InChI is InChI=1S/C52H60N2O6/c1-3-5-7-9-11-13-15-36-57-47-32-28-45(29-33-47)53-39-41-20-24-43(25-21-41)51(55)59-49-18-17-19-50(38-49)60-52(56)44-26-22-42(23-27-44)40-54-46-30-34-48(35-31-46)58-37-16-14-12-10-8-6-4-2/h17-35,38-40H,3-16,36-37H2,1-2H3/b53-39+,54-40+. The van der Waals surface area contributed by atoms with Gasteiger partial charge in [-0.25, -0.2) is 9.59 Å². The van der Waals surface area contributed by atoms with E-state index in [0.717, 1.165) is 60.1 Å². The van der Waals surface area contributed by atoms with Crippen LogP contribution in [0, 0.1) is 0 Å². The molecule has 314 valence electrons. The van der Waals surface area contributed by atoms with Crippen LogP contribution in [0.15, 0.2) is 131 Å². The maximum atomic E-state index is 12.9. The number of benzene rings is 5. The third-order valence-electron chi connectivity index (χ3n) is 9.95. The normalized spacial score (nSPS) is 11.2. The van der Waals surface area contributed by atoms with Gasteiger partial charge in [-0.3, -0.25) is 9.98 Å². The predicted molar refractivity (Wildman–Crippen MR) is 244 cm³/mol. The summed E-state index contributed by atoms with van der Waals surface area (Å²) in [5, 5.41) is 0. The van der Waals surface area contributed by atoms with Gasteiger partial charge in [-0.2, -0.15) is 0 Å². The Morgan fingerprint density at radius 3 is 1.18 bits per heavy atom. The first-order valence-corrected chi connectivity index (χ1v) is 21.8. The van der Waals surface area contributed by atoms with Gasteiger partial charge in [0.1, 0.15) is 23.0 Å². The van der Waals surface area contributed by atoms with Crippen molar-refractivity contribution in [2.75, 3.05) is 13.2 Å². The summed E-state index contributed by atoms with van der Waals surface area (Å²) >= 11 is 0. The maximum absolute atomic E-state index is 12.9. The van der Waals surface area contributed by atoms with Crippen molar-refractivity contribution in [2.45, 2.75) is 104 Å². The highest BCUT2D eigenvalue weighted by Gasteiger charge is 2.12. The minimum Gasteiger partial charge on any atom is -0.494 e. The number of carbonyl (C=O) groups excluding carboxylic acids is 2. The number of unbranched alkanes of at least 4 members (excludes halogenated alkanes) is 12. The molecule has 8 nitrogen and oxygen atoms in total. The highest BCUT2D eigenvalue weighted by atomic mass is 16.5. The van der Waals surface area contributed by atoms with Crippen LogP contribution in [0.25, 0.3) is 0 Å². The molecule has 0 bridgehead atoms. The average Bonchev–Trinajstić information content (AvgIpc) is 3.28. The lowest BCUT2D eigenvalue weighted by atomic mass is 10.1. The van der Waals surface area contributed by atoms with Crippen LogP contribution in [0.3, 0.4) is 0 Å². The molecule has 8 heteroatoms. The van der Waals surface area contributed by atoms with E-state index in [-0.39, 0.29) is 11.5 Å². The number of hydrogen-bond acceptors (Lipinski definition) is 8. The second-order valence-electron chi connectivity index (χ2n) is 14.9. The number of ether oxygens (including phenoxy) is 4. The Morgan fingerprint density at radius 1 is 0.433 bits per heavy atom. The van der Waals surface area contributed by atoms with Crippen molar-refractivity contribution in [2.24, 2.45) is 9.98 Å². The average molecular weight is 809 g/mol. The molecule has 0 saturated heterocycles. The summed E-state index contributed by atoms with van der Waals surface area (Å²) in [4.78, 5) is 35.0. The van der Waals surface area contributed by atoms with E-state index in [2.05, 4.69) is 23.8 Å². The molecule has 0 radical (unpaired) electrons. The van der Waals surface area contributed by atoms with Crippen LogP contribution in [0.1, 0.15) is 136 Å². The number of carbonyl (C=O) groups is 2. The molecular weight excluding hydrogens is 749 g/mol. The lowest BCUT2D eigenvalue weighted by molar-refractivity contribution is 0.0732. The van der Waals surface area contributed by atoms with Crippen molar-refractivity contribution >= 4 is 35.7 Å². The van der Waals surface area contributed by atoms with Crippen molar-refractivity contribution < 1.29 is 28.5 Å². The molecule has 0 aliphatic rings. The highest BCUT2D eigenvalue weighted by molar-refractivity contribution is 5.93. The number of hydrogen-bond donors (Lipinski definition) is 0. The molecular formula is C52H60N2O6. The molecule has 0 amide bonds. The Balaban J connectivity index is 1.02. The quantitative estimate of drug-likeness (QED) is 0.0239. The fourth-order valence-corrected chi connectivity index (χ4v) is 6.40. The summed E-state index contributed by atoms with van der Waals surface area (Å²) in [6.07, 6.45) is 21.1. The van der Waals surface area contributed by atoms with E-state index in [1.165, 1.54) is 83.1 Å². The number of aliphatic imine (C=N–C) groups is 2. The largest absolute Gasteiger partial charge is 0.494 e. The smallest absolute Gasteiger partial charge is 0.343 e. The van der Waals surface area contributed by atoms with Crippen LogP contribution in [-0.2, 0) is 0 Å². The molecule has 5 rings (SSSR count). The summed E-state index contributed by atoms with van der Waals surface area (Å²) in [7, 11) is 0. The lowest BCUT2D eigenvalue weighted by Crippen LogP contribution is -2.10. The molecule has 0 N–H and O–H groups in total. The van der Waals surface area contributed by atoms with Gasteiger partial charge in [-0.1, -0.05) is 121 Å². The minimum atomic E-state index is -0.533. The molecule has 0 aliphatic heterocycles. The Labute approximate surface area is 356 Å². The van der Waals surface area contributed by atoms with Crippen molar-refractivity contribution in [3.05, 3.63) is 144 Å². The van der Waals surface area contributed by atoms with Crippen LogP contribution in [0.2, 0.25) is 0 Å². The minimum absolute atomic E-state index is 0.255. The van der Waals surface area contributed by atoms with E-state index in [1.54, 1.807) is 79.2 Å². The van der Waals surface area contributed by atoms with Crippen LogP contribution < -0.4 is 18.9 Å². The fraction of sp³-hybridized carbons (Fsp3) is 0.346. The second kappa shape index (κ2) is 26.2. The van der Waals surface area contributed by atoms with Gasteiger partial charge in [-0.15, -0.1) is 0 Å². The first-order chi connectivity index (χ1) is 29.5. The van der Waals surface area contributed by atoms with Gasteiger partial charge in [0.15, 0.2) is 0 Å². The molecule has 0 spiro atoms. The van der Waals surface area contributed by atoms with Gasteiger partial charge in [0, 0.05) is 18.5 Å². The molecule has 5 aromatic carbocycles. The SMILES string of the molecule is CCCCCCCCCOc1ccc(/N=C/c2ccc(C(=O)Oc3cccc(OC(=O)c4ccc(/C=N/c5ccc(OCCCCCCCCC)cc5)cc4)c3)cc2)cc1. The van der Waals surface area contributed by atoms with Gasteiger partial charge >= 0.3 is 11.9 Å². The van der Waals surface area contributed by atoms with Crippen molar-refractivity contribution in [3.63, 3.8) is 0 Å². The maximum Gasteiger partial charge on any atom is 0.343 e. The Kier molecular flexibility index (Phi) is 19.6. The van der Waals surface area contributed by atoms with Crippen LogP contribution in [-0.4, -0.2) is 37.6 Å². The lowest BCUT2D eigenvalue weighted by Gasteiger charge is -2.08. The van der Waals surface area contributed by atoms with Gasteiger partial charge in [-0.05, 0) is 109 Å². The van der Waals surface area contributed by atoms with Crippen molar-refractivity contribution in [1.29, 1.82) is 0 Å². The third-order valence-corrected chi connectivity index (χ3v) is 9.95. The topological polar surface area (TPSA) is 95.8 Å². The molecule has 0 fully saturated rings. The van der Waals surface area contributed by atoms with Crippen LogP contribution >= 0.6 is 0 Å². The summed E-state index contributed by atoms with van der Waals surface area (Å²) in [5.41, 5.74) is 4.04. The molecule has 0 heterocycles. The molecule has 0 unspecified atom stereocenters. The molecule has 0 aliphatic carbocycles. The molecule has 0 saturated carbocycles. The molecule has 60 heavy (non-hydrogen) atoms. The van der Waals surface area contributed by atoms with Gasteiger partial charge in [0.2, 0.25) is 0 Å². The van der Waals surface area contributed by atoms with E-state index in [9.17, 15) is 9.59 Å². The molecule has 0 aromatic heterocycles. The van der Waals surface area contributed by atoms with Gasteiger partial charge in [0.25, 0.3) is 0 Å². The molecule has 5 aromatic rings. The number of esters is 2. The zero-order chi connectivity index (χ0) is 42.0. The van der Waals surface area contributed by atoms with Crippen molar-refractivity contribution in [1.82, 2.24) is 0 Å². The Morgan fingerprint density at radius 2 is 0.800 bits per heavy atom. The summed E-state index contributed by atoms with van der Waals surface area (Å²) in [6.45, 7) is 5.93. The fourth-order valence-electron chi connectivity index (χ4n) is 6.40. The zero-order valence-corrected chi connectivity index (χ0v) is 35.4. The monoisotopic (exact) mass is 808 g/mol. The van der Waals surface area contributed by atoms with E-state index in [4.69, 9.17) is 18.9 Å². The first-order valence-electron chi connectivity index (χ1n) is 21.8. The van der Waals surface area contributed by atoms with Gasteiger partial charge in [0.05, 0.1) is 35.7 Å². The van der Waals surface area contributed by atoms with Crippen LogP contribution in [0.5, 0.6) is 23.0 Å². The second-order valence-corrected chi connectivity index (χ2v) is 14.9. The first kappa shape index (κ1) is 45.1. The van der Waals surface area contributed by atoms with Crippen molar-refractivity contribution in [3.8, 4) is 23.0 Å². The number of rotatable bonds is 26. The van der Waals surface area contributed by atoms with E-state index < -0.39 is 11.9 Å². The summed E-state index contributed by atoms with van der Waals surface area (Å²) < 4.78 is 23.0. The van der Waals surface area contributed by atoms with E-state index in [0.29, 0.717) is 11.1 Å². The van der Waals surface area contributed by atoms with Gasteiger partial charge < -0.3 is 18.9 Å².